The molecule has 2 rings (SSSR count). The normalized spacial score (nSPS) is 11.9. The van der Waals surface area contributed by atoms with Crippen molar-refractivity contribution in [3.05, 3.63) is 53.9 Å². The Morgan fingerprint density at radius 3 is 2.32 bits per heavy atom. The number of unbranched alkanes of at least 4 members (excludes halogenated alkanes) is 4. The van der Waals surface area contributed by atoms with Gasteiger partial charge >= 0.3 is 18.3 Å². The molecule has 0 atom stereocenters. The van der Waals surface area contributed by atoms with E-state index in [1.807, 2.05) is 12.4 Å². The second-order valence-corrected chi connectivity index (χ2v) is 7.20. The summed E-state index contributed by atoms with van der Waals surface area (Å²) in [5, 5.41) is 0. The van der Waals surface area contributed by atoms with Gasteiger partial charge in [0.1, 0.15) is 0 Å². The quantitative estimate of drug-likeness (QED) is 0.174. The maximum atomic E-state index is 12.7. The third-order valence-electron chi connectivity index (χ3n) is 4.58. The minimum Gasteiger partial charge on any atom is -0.456 e. The summed E-state index contributed by atoms with van der Waals surface area (Å²) in [5.41, 5.74) is 2.48. The van der Waals surface area contributed by atoms with Crippen molar-refractivity contribution < 1.29 is 27.1 Å². The van der Waals surface area contributed by atoms with Crippen LogP contribution >= 0.6 is 0 Å². The van der Waals surface area contributed by atoms with E-state index in [2.05, 4.69) is 21.6 Å². The van der Waals surface area contributed by atoms with Gasteiger partial charge in [0.25, 0.3) is 0 Å². The lowest BCUT2D eigenvalue weighted by atomic mass is 10.1. The van der Waals surface area contributed by atoms with Gasteiger partial charge in [-0.1, -0.05) is 56.9 Å². The molecule has 2 aromatic rings. The average molecular weight is 438 g/mol. The van der Waals surface area contributed by atoms with Gasteiger partial charge in [-0.05, 0) is 30.0 Å². The van der Waals surface area contributed by atoms with E-state index in [-0.39, 0.29) is 0 Å². The Labute approximate surface area is 179 Å². The molecule has 31 heavy (non-hydrogen) atoms. The molecule has 0 radical (unpaired) electrons. The van der Waals surface area contributed by atoms with Crippen LogP contribution in [0.3, 0.4) is 0 Å². The summed E-state index contributed by atoms with van der Waals surface area (Å²) < 4.78 is 53.7. The van der Waals surface area contributed by atoms with Crippen LogP contribution in [0.4, 0.5) is 17.6 Å². The molecular formula is C23H26F4N2O2. The maximum Gasteiger partial charge on any atom is 0.340 e. The lowest BCUT2D eigenvalue weighted by molar-refractivity contribution is -0.175. The molecule has 168 valence electrons. The summed E-state index contributed by atoms with van der Waals surface area (Å²) in [6.07, 6.45) is 8.99. The molecular weight excluding hydrogens is 412 g/mol. The summed E-state index contributed by atoms with van der Waals surface area (Å²) in [5.74, 6) is -4.92. The lowest BCUT2D eigenvalue weighted by Gasteiger charge is -2.14. The zero-order valence-corrected chi connectivity index (χ0v) is 17.4. The first kappa shape index (κ1) is 24.5. The molecule has 1 aromatic carbocycles. The standard InChI is InChI=1S/C23H26F4N2O2/c1-2-3-4-5-6-7-18-14-28-21(29-15-18)19-11-8-17(9-12-19)10-13-20(30)31-16-23(26,27)22(24)25/h8-15,22H,2-7,16H2,1H3/b13-10+. The van der Waals surface area contributed by atoms with Crippen molar-refractivity contribution in [3.63, 3.8) is 0 Å². The predicted octanol–water partition coefficient (Wildman–Crippen LogP) is 6.11. The first-order valence-corrected chi connectivity index (χ1v) is 10.2. The van der Waals surface area contributed by atoms with Gasteiger partial charge in [0.15, 0.2) is 12.4 Å². The van der Waals surface area contributed by atoms with E-state index in [1.54, 1.807) is 24.3 Å². The Hall–Kier alpha value is -2.77. The van der Waals surface area contributed by atoms with Crippen LogP contribution in [0.2, 0.25) is 0 Å². The Kier molecular flexibility index (Phi) is 9.62. The Bertz CT molecular complexity index is 838. The number of nitrogens with zero attached hydrogens (tertiary/aromatic N) is 2. The second kappa shape index (κ2) is 12.2. The van der Waals surface area contributed by atoms with Crippen LogP contribution in [0.1, 0.15) is 50.2 Å². The molecule has 8 heteroatoms. The Balaban J connectivity index is 1.85. The van der Waals surface area contributed by atoms with E-state index < -0.39 is 24.9 Å². The predicted molar refractivity (Wildman–Crippen MR) is 111 cm³/mol. The third kappa shape index (κ3) is 8.47. The van der Waals surface area contributed by atoms with Crippen LogP contribution in [0.25, 0.3) is 17.5 Å². The van der Waals surface area contributed by atoms with Gasteiger partial charge in [0.05, 0.1) is 0 Å². The topological polar surface area (TPSA) is 52.1 Å². The minimum atomic E-state index is -4.37. The highest BCUT2D eigenvalue weighted by atomic mass is 19.3. The first-order valence-electron chi connectivity index (χ1n) is 10.2. The highest BCUT2D eigenvalue weighted by Gasteiger charge is 2.42. The van der Waals surface area contributed by atoms with Crippen molar-refractivity contribution in [2.24, 2.45) is 0 Å². The van der Waals surface area contributed by atoms with Gasteiger partial charge in [-0.15, -0.1) is 0 Å². The van der Waals surface area contributed by atoms with Crippen LogP contribution in [-0.4, -0.2) is 34.9 Å². The van der Waals surface area contributed by atoms with Crippen molar-refractivity contribution in [2.45, 2.75) is 57.8 Å². The molecule has 0 N–H and O–H groups in total. The largest absolute Gasteiger partial charge is 0.456 e. The molecule has 0 amide bonds. The summed E-state index contributed by atoms with van der Waals surface area (Å²) in [7, 11) is 0. The van der Waals surface area contributed by atoms with E-state index in [0.717, 1.165) is 30.0 Å². The molecule has 0 saturated carbocycles. The number of esters is 1. The van der Waals surface area contributed by atoms with Crippen molar-refractivity contribution in [1.82, 2.24) is 9.97 Å². The second-order valence-electron chi connectivity index (χ2n) is 7.20. The summed E-state index contributed by atoms with van der Waals surface area (Å²) in [6, 6.07) is 6.90. The van der Waals surface area contributed by atoms with Crippen LogP contribution in [0, 0.1) is 0 Å². The number of benzene rings is 1. The van der Waals surface area contributed by atoms with Gasteiger partial charge in [-0.2, -0.15) is 8.78 Å². The number of alkyl halides is 4. The van der Waals surface area contributed by atoms with Gasteiger partial charge < -0.3 is 4.74 Å². The SMILES string of the molecule is CCCCCCCc1cnc(-c2ccc(/C=C/C(=O)OCC(F)(F)C(F)F)cc2)nc1. The molecule has 0 spiro atoms. The van der Waals surface area contributed by atoms with Crippen molar-refractivity contribution in [1.29, 1.82) is 0 Å². The van der Waals surface area contributed by atoms with Gasteiger partial charge in [-0.3, -0.25) is 0 Å². The average Bonchev–Trinajstić information content (AvgIpc) is 2.77. The number of ether oxygens (including phenoxy) is 1. The van der Waals surface area contributed by atoms with Gasteiger partial charge in [0.2, 0.25) is 0 Å². The number of carbonyl (C=O) groups excluding carboxylic acids is 1. The summed E-state index contributed by atoms with van der Waals surface area (Å²) in [4.78, 5) is 20.2. The minimum absolute atomic E-state index is 0.568. The molecule has 0 bridgehead atoms. The fourth-order valence-electron chi connectivity index (χ4n) is 2.75. The smallest absolute Gasteiger partial charge is 0.340 e. The number of halogens is 4. The highest BCUT2D eigenvalue weighted by molar-refractivity contribution is 5.87. The van der Waals surface area contributed by atoms with Crippen LogP contribution in [0.5, 0.6) is 0 Å². The molecule has 1 heterocycles. The summed E-state index contributed by atoms with van der Waals surface area (Å²) >= 11 is 0. The molecule has 0 aliphatic carbocycles. The van der Waals surface area contributed by atoms with Crippen molar-refractivity contribution in [2.75, 3.05) is 6.61 Å². The number of rotatable bonds is 12. The number of aryl methyl sites for hydroxylation is 1. The third-order valence-corrected chi connectivity index (χ3v) is 4.58. The van der Waals surface area contributed by atoms with E-state index >= 15 is 0 Å². The van der Waals surface area contributed by atoms with Gasteiger partial charge in [0, 0.05) is 24.0 Å². The molecule has 4 nitrogen and oxygen atoms in total. The Morgan fingerprint density at radius 2 is 1.71 bits per heavy atom. The van der Waals surface area contributed by atoms with Crippen LogP contribution < -0.4 is 0 Å². The molecule has 0 unspecified atom stereocenters. The molecule has 0 aliphatic rings. The number of hydrogen-bond acceptors (Lipinski definition) is 4. The maximum absolute atomic E-state index is 12.7. The zero-order chi connectivity index (χ0) is 22.7. The first-order chi connectivity index (χ1) is 14.8. The highest BCUT2D eigenvalue weighted by Crippen LogP contribution is 2.23. The monoisotopic (exact) mass is 438 g/mol. The Morgan fingerprint density at radius 1 is 1.06 bits per heavy atom. The van der Waals surface area contributed by atoms with Crippen LogP contribution in [0.15, 0.2) is 42.7 Å². The van der Waals surface area contributed by atoms with Gasteiger partial charge in [-0.25, -0.2) is 23.5 Å². The van der Waals surface area contributed by atoms with Crippen molar-refractivity contribution in [3.8, 4) is 11.4 Å². The van der Waals surface area contributed by atoms with E-state index in [1.165, 1.54) is 31.8 Å². The fourth-order valence-corrected chi connectivity index (χ4v) is 2.75. The van der Waals surface area contributed by atoms with E-state index in [4.69, 9.17) is 0 Å². The lowest BCUT2D eigenvalue weighted by Crippen LogP contribution is -2.33. The molecule has 0 fully saturated rings. The van der Waals surface area contributed by atoms with Crippen molar-refractivity contribution >= 4 is 12.0 Å². The number of aromatic nitrogens is 2. The number of carbonyl (C=O) groups is 1. The zero-order valence-electron chi connectivity index (χ0n) is 17.4. The molecule has 0 aliphatic heterocycles. The molecule has 1 aromatic heterocycles. The molecule has 0 saturated heterocycles. The number of hydrogen-bond donors (Lipinski definition) is 0. The van der Waals surface area contributed by atoms with E-state index in [9.17, 15) is 22.4 Å². The summed E-state index contributed by atoms with van der Waals surface area (Å²) in [6.45, 7) is 0.520. The van der Waals surface area contributed by atoms with Crippen LogP contribution in [-0.2, 0) is 16.0 Å². The fraction of sp³-hybridized carbons (Fsp3) is 0.435. The van der Waals surface area contributed by atoms with E-state index in [0.29, 0.717) is 11.4 Å².